The van der Waals surface area contributed by atoms with Crippen LogP contribution in [0.3, 0.4) is 0 Å². The number of urea groups is 1. The third-order valence-electron chi connectivity index (χ3n) is 5.20. The number of hydrogen-bond acceptors (Lipinski definition) is 3. The van der Waals surface area contributed by atoms with E-state index in [-0.39, 0.29) is 23.7 Å². The van der Waals surface area contributed by atoms with E-state index >= 15 is 0 Å². The lowest BCUT2D eigenvalue weighted by Crippen LogP contribution is -2.39. The zero-order valence-corrected chi connectivity index (χ0v) is 16.5. The van der Waals surface area contributed by atoms with Crippen LogP contribution < -0.4 is 0 Å². The predicted molar refractivity (Wildman–Crippen MR) is 109 cm³/mol. The van der Waals surface area contributed by atoms with Crippen LogP contribution in [0.4, 0.5) is 4.79 Å². The average Bonchev–Trinajstić information content (AvgIpc) is 3.25. The van der Waals surface area contributed by atoms with E-state index in [2.05, 4.69) is 31.2 Å². The standard InChI is InChI=1S/C22H26N2O2S/c1-2-3-14-26-20-19-16-27-21(18-12-8-5-9-13-18)24(19)22(25)23(20)15-17-10-6-4-7-11-17/h4-13,19-21H,2-3,14-16H2,1H3/t19-,20?,21?/m0/s1. The minimum absolute atomic E-state index is 0.0711. The second kappa shape index (κ2) is 8.36. The SMILES string of the molecule is CCCCOC1[C@@H]2CSC(c3ccccc3)N2C(=O)N1Cc1ccccc1. The molecule has 2 fully saturated rings. The smallest absolute Gasteiger partial charge is 0.324 e. The molecule has 27 heavy (non-hydrogen) atoms. The number of benzene rings is 2. The summed E-state index contributed by atoms with van der Waals surface area (Å²) < 4.78 is 6.25. The number of ether oxygens (including phenoxy) is 1. The van der Waals surface area contributed by atoms with Gasteiger partial charge < -0.3 is 9.64 Å². The average molecular weight is 383 g/mol. The van der Waals surface area contributed by atoms with E-state index in [9.17, 15) is 4.79 Å². The molecule has 2 aromatic carbocycles. The van der Waals surface area contributed by atoms with E-state index in [4.69, 9.17) is 4.74 Å². The molecule has 2 aliphatic heterocycles. The molecule has 142 valence electrons. The summed E-state index contributed by atoms with van der Waals surface area (Å²) >= 11 is 1.84. The van der Waals surface area contributed by atoms with Gasteiger partial charge in [0, 0.05) is 12.4 Å². The number of thioether (sulfide) groups is 1. The minimum Gasteiger partial charge on any atom is -0.356 e. The van der Waals surface area contributed by atoms with Crippen molar-refractivity contribution in [2.45, 2.75) is 44.0 Å². The molecule has 2 aromatic rings. The molecule has 2 aliphatic rings. The van der Waals surface area contributed by atoms with Gasteiger partial charge in [-0.15, -0.1) is 11.8 Å². The first kappa shape index (κ1) is 18.4. The van der Waals surface area contributed by atoms with Gasteiger partial charge in [-0.2, -0.15) is 0 Å². The number of hydrogen-bond donors (Lipinski definition) is 0. The number of carbonyl (C=O) groups is 1. The van der Waals surface area contributed by atoms with Crippen LogP contribution in [0, 0.1) is 0 Å². The number of nitrogens with zero attached hydrogens (tertiary/aromatic N) is 2. The maximum Gasteiger partial charge on any atom is 0.324 e. The molecule has 2 unspecified atom stereocenters. The molecule has 0 aliphatic carbocycles. The van der Waals surface area contributed by atoms with Gasteiger partial charge in [-0.05, 0) is 17.5 Å². The lowest BCUT2D eigenvalue weighted by Gasteiger charge is -2.26. The molecule has 0 aromatic heterocycles. The van der Waals surface area contributed by atoms with Crippen LogP contribution in [0.5, 0.6) is 0 Å². The molecular formula is C22H26N2O2S. The van der Waals surface area contributed by atoms with E-state index in [1.165, 1.54) is 5.56 Å². The fourth-order valence-electron chi connectivity index (χ4n) is 3.81. The van der Waals surface area contributed by atoms with Crippen LogP contribution in [0.15, 0.2) is 60.7 Å². The Morgan fingerprint density at radius 3 is 2.48 bits per heavy atom. The van der Waals surface area contributed by atoms with E-state index in [0.29, 0.717) is 13.2 Å². The molecule has 2 saturated heterocycles. The molecule has 0 N–H and O–H groups in total. The normalized spacial score (nSPS) is 24.5. The van der Waals surface area contributed by atoms with E-state index in [0.717, 1.165) is 24.2 Å². The van der Waals surface area contributed by atoms with Gasteiger partial charge in [-0.25, -0.2) is 4.79 Å². The van der Waals surface area contributed by atoms with Crippen LogP contribution in [-0.2, 0) is 11.3 Å². The first-order valence-corrected chi connectivity index (χ1v) is 10.8. The number of rotatable bonds is 7. The van der Waals surface area contributed by atoms with E-state index in [1.54, 1.807) is 0 Å². The van der Waals surface area contributed by atoms with Crippen molar-refractivity contribution >= 4 is 17.8 Å². The van der Waals surface area contributed by atoms with Crippen molar-refractivity contribution in [1.82, 2.24) is 9.80 Å². The lowest BCUT2D eigenvalue weighted by molar-refractivity contribution is -0.0383. The fourth-order valence-corrected chi connectivity index (χ4v) is 5.27. The van der Waals surface area contributed by atoms with Gasteiger partial charge in [0.2, 0.25) is 0 Å². The van der Waals surface area contributed by atoms with Gasteiger partial charge in [0.15, 0.2) is 6.23 Å². The maximum atomic E-state index is 13.4. The molecule has 0 bridgehead atoms. The van der Waals surface area contributed by atoms with Gasteiger partial charge >= 0.3 is 6.03 Å². The second-order valence-corrected chi connectivity index (χ2v) is 8.20. The summed E-state index contributed by atoms with van der Waals surface area (Å²) in [5.74, 6) is 0.910. The zero-order chi connectivity index (χ0) is 18.6. The summed E-state index contributed by atoms with van der Waals surface area (Å²) in [4.78, 5) is 17.3. The summed E-state index contributed by atoms with van der Waals surface area (Å²) in [7, 11) is 0. The molecular weight excluding hydrogens is 356 g/mol. The number of amides is 2. The summed E-state index contributed by atoms with van der Waals surface area (Å²) in [6.07, 6.45) is 1.94. The third kappa shape index (κ3) is 3.71. The molecule has 2 amide bonds. The predicted octanol–water partition coefficient (Wildman–Crippen LogP) is 4.88. The lowest BCUT2D eigenvalue weighted by atomic mass is 10.2. The van der Waals surface area contributed by atoms with Crippen molar-refractivity contribution in [3.63, 3.8) is 0 Å². The summed E-state index contributed by atoms with van der Waals surface area (Å²) in [5.41, 5.74) is 2.33. The molecule has 5 heteroatoms. The highest BCUT2D eigenvalue weighted by Crippen LogP contribution is 2.47. The Morgan fingerprint density at radius 2 is 1.78 bits per heavy atom. The van der Waals surface area contributed by atoms with E-state index < -0.39 is 0 Å². The summed E-state index contributed by atoms with van der Waals surface area (Å²) in [5, 5.41) is 0.0711. The van der Waals surface area contributed by atoms with Crippen molar-refractivity contribution in [3.05, 3.63) is 71.8 Å². The highest BCUT2D eigenvalue weighted by molar-refractivity contribution is 7.99. The number of carbonyl (C=O) groups excluding carboxylic acids is 1. The highest BCUT2D eigenvalue weighted by atomic mass is 32.2. The molecule has 3 atom stereocenters. The van der Waals surface area contributed by atoms with Crippen LogP contribution in [-0.4, -0.2) is 40.5 Å². The monoisotopic (exact) mass is 382 g/mol. The Balaban J connectivity index is 1.59. The largest absolute Gasteiger partial charge is 0.356 e. The Morgan fingerprint density at radius 1 is 1.07 bits per heavy atom. The minimum atomic E-state index is -0.175. The zero-order valence-electron chi connectivity index (χ0n) is 15.7. The van der Waals surface area contributed by atoms with Crippen molar-refractivity contribution in [2.75, 3.05) is 12.4 Å². The topological polar surface area (TPSA) is 32.8 Å². The van der Waals surface area contributed by atoms with Crippen LogP contribution >= 0.6 is 11.8 Å². The summed E-state index contributed by atoms with van der Waals surface area (Å²) in [6.45, 7) is 3.45. The van der Waals surface area contributed by atoms with E-state index in [1.807, 2.05) is 58.0 Å². The van der Waals surface area contributed by atoms with Crippen molar-refractivity contribution in [2.24, 2.45) is 0 Å². The third-order valence-corrected chi connectivity index (χ3v) is 6.55. The molecule has 0 spiro atoms. The Bertz CT molecular complexity index is 755. The van der Waals surface area contributed by atoms with Crippen LogP contribution in [0.1, 0.15) is 36.3 Å². The van der Waals surface area contributed by atoms with Gasteiger partial charge in [0.05, 0.1) is 12.6 Å². The second-order valence-electron chi connectivity index (χ2n) is 7.08. The molecule has 0 radical (unpaired) electrons. The molecule has 0 saturated carbocycles. The van der Waals surface area contributed by atoms with Crippen molar-refractivity contribution in [1.29, 1.82) is 0 Å². The Kier molecular flexibility index (Phi) is 5.69. The molecule has 4 nitrogen and oxygen atoms in total. The first-order valence-electron chi connectivity index (χ1n) is 9.70. The highest BCUT2D eigenvalue weighted by Gasteiger charge is 2.53. The quantitative estimate of drug-likeness (QED) is 0.640. The van der Waals surface area contributed by atoms with Gasteiger partial charge in [0.25, 0.3) is 0 Å². The molecule has 4 rings (SSSR count). The first-order chi connectivity index (χ1) is 13.3. The van der Waals surface area contributed by atoms with Gasteiger partial charge in [-0.3, -0.25) is 4.90 Å². The van der Waals surface area contributed by atoms with Crippen LogP contribution in [0.2, 0.25) is 0 Å². The Labute approximate surface area is 165 Å². The number of fused-ring (bicyclic) bond motifs is 1. The van der Waals surface area contributed by atoms with Crippen molar-refractivity contribution in [3.8, 4) is 0 Å². The van der Waals surface area contributed by atoms with Crippen LogP contribution in [0.25, 0.3) is 0 Å². The van der Waals surface area contributed by atoms with Gasteiger partial charge in [0.1, 0.15) is 5.37 Å². The summed E-state index contributed by atoms with van der Waals surface area (Å²) in [6, 6.07) is 20.7. The maximum absolute atomic E-state index is 13.4. The van der Waals surface area contributed by atoms with Gasteiger partial charge in [-0.1, -0.05) is 74.0 Å². The number of unbranched alkanes of at least 4 members (excludes halogenated alkanes) is 1. The fraction of sp³-hybridized carbons (Fsp3) is 0.409. The Hall–Kier alpha value is -1.98. The van der Waals surface area contributed by atoms with Crippen molar-refractivity contribution < 1.29 is 9.53 Å². The molecule has 2 heterocycles.